The minimum absolute atomic E-state index is 0.496. The van der Waals surface area contributed by atoms with E-state index in [1.54, 1.807) is 0 Å². The Morgan fingerprint density at radius 1 is 0.482 bits per heavy atom. The maximum Gasteiger partial charge on any atom is 0.211 e. The monoisotopic (exact) mass is 714 g/mol. The summed E-state index contributed by atoms with van der Waals surface area (Å²) in [7, 11) is 0. The van der Waals surface area contributed by atoms with Gasteiger partial charge in [0, 0.05) is 48.7 Å². The molecule has 258 valence electrons. The van der Waals surface area contributed by atoms with Gasteiger partial charge in [-0.05, 0) is 54.1 Å². The summed E-state index contributed by atoms with van der Waals surface area (Å²) in [6, 6.07) is 55.7. The van der Waals surface area contributed by atoms with Crippen molar-refractivity contribution in [3.8, 4) is 28.6 Å². The summed E-state index contributed by atoms with van der Waals surface area (Å²) in [5.41, 5.74) is 11.2. The molecular formula is C50H26N4O2. The minimum Gasteiger partial charge on any atom is -0.454 e. The Balaban J connectivity index is 1.25. The maximum atomic E-state index is 10.4. The Hall–Kier alpha value is -8.06. The molecule has 6 nitrogen and oxygen atoms in total. The van der Waals surface area contributed by atoms with Crippen molar-refractivity contribution in [2.24, 2.45) is 0 Å². The number of para-hydroxylation sites is 5. The zero-order chi connectivity index (χ0) is 37.1. The summed E-state index contributed by atoms with van der Waals surface area (Å²) in [5.74, 6) is 0. The van der Waals surface area contributed by atoms with Crippen LogP contribution < -0.4 is 0 Å². The van der Waals surface area contributed by atoms with Crippen molar-refractivity contribution in [1.82, 2.24) is 9.13 Å². The quantitative estimate of drug-likeness (QED) is 0.171. The molecule has 56 heavy (non-hydrogen) atoms. The Morgan fingerprint density at radius 3 is 1.62 bits per heavy atom. The Morgan fingerprint density at radius 2 is 1.02 bits per heavy atom. The fourth-order valence-electron chi connectivity index (χ4n) is 9.03. The van der Waals surface area contributed by atoms with Crippen LogP contribution in [0.25, 0.3) is 115 Å². The number of aromatic nitrogens is 2. The molecule has 6 heteroatoms. The molecular weight excluding hydrogens is 689 g/mol. The van der Waals surface area contributed by atoms with E-state index in [1.165, 1.54) is 0 Å². The van der Waals surface area contributed by atoms with Crippen molar-refractivity contribution in [1.29, 1.82) is 5.26 Å². The van der Waals surface area contributed by atoms with Crippen molar-refractivity contribution >= 4 is 93.2 Å². The van der Waals surface area contributed by atoms with Gasteiger partial charge in [-0.25, -0.2) is 4.85 Å². The zero-order valence-electron chi connectivity index (χ0n) is 29.6. The second-order valence-corrected chi connectivity index (χ2v) is 14.2. The predicted molar refractivity (Wildman–Crippen MR) is 226 cm³/mol. The second kappa shape index (κ2) is 11.2. The number of nitrogens with zero attached hydrogens (tertiary/aromatic N) is 4. The van der Waals surface area contributed by atoms with Gasteiger partial charge < -0.3 is 18.0 Å². The SMILES string of the molecule is [C-]#[N+]c1cccc(-c2ccc(C#N)cc2-n2c3ccccc3c3ccc4c5ccccc5oc4c32)c1-n1c2ccccc2c2ccc3c4ccccc4oc3c21. The average molecular weight is 715 g/mol. The molecule has 0 aliphatic rings. The van der Waals surface area contributed by atoms with Crippen LogP contribution in [0.15, 0.2) is 167 Å². The van der Waals surface area contributed by atoms with Gasteiger partial charge in [-0.2, -0.15) is 5.26 Å². The summed E-state index contributed by atoms with van der Waals surface area (Å²) in [4.78, 5) is 4.16. The largest absolute Gasteiger partial charge is 0.454 e. The smallest absolute Gasteiger partial charge is 0.211 e. The van der Waals surface area contributed by atoms with Gasteiger partial charge in [0.2, 0.25) is 5.69 Å². The molecule has 0 saturated carbocycles. The highest BCUT2D eigenvalue weighted by atomic mass is 16.3. The molecule has 12 rings (SSSR count). The second-order valence-electron chi connectivity index (χ2n) is 14.2. The fraction of sp³-hybridized carbons (Fsp3) is 0. The molecule has 0 radical (unpaired) electrons. The van der Waals surface area contributed by atoms with Gasteiger partial charge in [-0.15, -0.1) is 0 Å². The summed E-state index contributed by atoms with van der Waals surface area (Å²) < 4.78 is 17.9. The van der Waals surface area contributed by atoms with Crippen LogP contribution >= 0.6 is 0 Å². The molecule has 0 unspecified atom stereocenters. The van der Waals surface area contributed by atoms with Crippen LogP contribution in [0.3, 0.4) is 0 Å². The first-order chi connectivity index (χ1) is 27.7. The number of hydrogen-bond acceptors (Lipinski definition) is 3. The van der Waals surface area contributed by atoms with E-state index < -0.39 is 0 Å². The number of nitriles is 1. The molecule has 0 atom stereocenters. The third-order valence-electron chi connectivity index (χ3n) is 11.4. The predicted octanol–water partition coefficient (Wildman–Crippen LogP) is 13.8. The topological polar surface area (TPSA) is 64.3 Å². The molecule has 0 amide bonds. The third kappa shape index (κ3) is 3.97. The highest BCUT2D eigenvalue weighted by Gasteiger charge is 2.26. The third-order valence-corrected chi connectivity index (χ3v) is 11.4. The maximum absolute atomic E-state index is 10.4. The molecule has 12 aromatic rings. The van der Waals surface area contributed by atoms with Crippen LogP contribution in [-0.4, -0.2) is 9.13 Å². The van der Waals surface area contributed by atoms with Gasteiger partial charge in [-0.1, -0.05) is 109 Å². The van der Waals surface area contributed by atoms with Crippen molar-refractivity contribution in [3.05, 3.63) is 175 Å². The Labute approximate surface area is 318 Å². The lowest BCUT2D eigenvalue weighted by Crippen LogP contribution is -2.02. The van der Waals surface area contributed by atoms with Gasteiger partial charge in [0.15, 0.2) is 11.2 Å². The summed E-state index contributed by atoms with van der Waals surface area (Å²) in [6.07, 6.45) is 0. The number of hydrogen-bond donors (Lipinski definition) is 0. The van der Waals surface area contributed by atoms with E-state index in [9.17, 15) is 5.26 Å². The zero-order valence-corrected chi connectivity index (χ0v) is 29.6. The first-order valence-electron chi connectivity index (χ1n) is 18.4. The van der Waals surface area contributed by atoms with Crippen LogP contribution in [-0.2, 0) is 0 Å². The van der Waals surface area contributed by atoms with Crippen LogP contribution in [0.2, 0.25) is 0 Å². The standard InChI is InChI=1S/C50H26N4O2/c1-52-40-16-10-15-35(46(40)54-42-18-7-3-12-31(42)37-24-26-39-34-14-5-9-20-45(34)56-50(39)48(37)54)32-22-21-29(28-51)27-43(32)53-41-17-6-2-11-30(41)36-23-25-38-33-13-4-8-19-44(33)55-49(38)47(36)53/h2-27H. The van der Waals surface area contributed by atoms with Crippen molar-refractivity contribution in [2.75, 3.05) is 0 Å². The molecule has 4 heterocycles. The van der Waals surface area contributed by atoms with Crippen LogP contribution in [0.1, 0.15) is 5.56 Å². The van der Waals surface area contributed by atoms with Crippen molar-refractivity contribution in [3.63, 3.8) is 0 Å². The molecule has 4 aromatic heterocycles. The Kier molecular flexibility index (Phi) is 6.10. The average Bonchev–Trinajstić information content (AvgIpc) is 4.01. The van der Waals surface area contributed by atoms with Gasteiger partial charge in [0.05, 0.1) is 51.6 Å². The fourth-order valence-corrected chi connectivity index (χ4v) is 9.03. The molecule has 0 aliphatic heterocycles. The lowest BCUT2D eigenvalue weighted by atomic mass is 9.98. The molecule has 0 aliphatic carbocycles. The van der Waals surface area contributed by atoms with E-state index in [2.05, 4.69) is 98.9 Å². The highest BCUT2D eigenvalue weighted by Crippen LogP contribution is 2.47. The lowest BCUT2D eigenvalue weighted by molar-refractivity contribution is 0.670. The molecule has 0 fully saturated rings. The minimum atomic E-state index is 0.496. The van der Waals surface area contributed by atoms with E-state index >= 15 is 0 Å². The Bertz CT molecular complexity index is 3750. The highest BCUT2D eigenvalue weighted by molar-refractivity contribution is 6.23. The van der Waals surface area contributed by atoms with E-state index in [1.807, 2.05) is 78.9 Å². The number of rotatable bonds is 3. The van der Waals surface area contributed by atoms with Gasteiger partial charge in [-0.3, -0.25) is 0 Å². The molecule has 0 spiro atoms. The first kappa shape index (κ1) is 30.4. The lowest BCUT2D eigenvalue weighted by Gasteiger charge is -2.20. The van der Waals surface area contributed by atoms with Gasteiger partial charge in [0.1, 0.15) is 11.2 Å². The van der Waals surface area contributed by atoms with E-state index in [0.717, 1.165) is 110 Å². The summed E-state index contributed by atoms with van der Waals surface area (Å²) >= 11 is 0. The normalized spacial score (nSPS) is 11.9. The van der Waals surface area contributed by atoms with Crippen LogP contribution in [0, 0.1) is 17.9 Å². The number of benzene rings is 8. The molecule has 0 N–H and O–H groups in total. The number of fused-ring (bicyclic) bond motifs is 14. The molecule has 8 aromatic carbocycles. The van der Waals surface area contributed by atoms with Crippen LogP contribution in [0.5, 0.6) is 0 Å². The van der Waals surface area contributed by atoms with Crippen LogP contribution in [0.4, 0.5) is 5.69 Å². The summed E-state index contributed by atoms with van der Waals surface area (Å²) in [5, 5.41) is 18.7. The molecule has 0 bridgehead atoms. The van der Waals surface area contributed by atoms with Crippen molar-refractivity contribution in [2.45, 2.75) is 0 Å². The van der Waals surface area contributed by atoms with Crippen molar-refractivity contribution < 1.29 is 8.83 Å². The number of furan rings is 2. The van der Waals surface area contributed by atoms with E-state index in [-0.39, 0.29) is 0 Å². The van der Waals surface area contributed by atoms with Gasteiger partial charge >= 0.3 is 0 Å². The van der Waals surface area contributed by atoms with E-state index in [0.29, 0.717) is 11.3 Å². The molecule has 0 saturated heterocycles. The summed E-state index contributed by atoms with van der Waals surface area (Å²) in [6.45, 7) is 8.56. The van der Waals surface area contributed by atoms with Gasteiger partial charge in [0.25, 0.3) is 0 Å². The first-order valence-corrected chi connectivity index (χ1v) is 18.4. The van der Waals surface area contributed by atoms with E-state index in [4.69, 9.17) is 15.4 Å².